The van der Waals surface area contributed by atoms with Gasteiger partial charge in [-0.1, -0.05) is 12.3 Å². The molecule has 92 valence electrons. The van der Waals surface area contributed by atoms with Gasteiger partial charge in [-0.25, -0.2) is 0 Å². The first-order chi connectivity index (χ1) is 7.74. The Morgan fingerprint density at radius 2 is 1.81 bits per heavy atom. The van der Waals surface area contributed by atoms with Crippen molar-refractivity contribution in [2.45, 2.75) is 38.4 Å². The number of ether oxygens (including phenoxy) is 3. The molecule has 0 amide bonds. The highest BCUT2D eigenvalue weighted by atomic mass is 16.7. The zero-order valence-electron chi connectivity index (χ0n) is 10.2. The monoisotopic (exact) mass is 228 g/mol. The molecular formula is C12H20O4. The third-order valence-corrected chi connectivity index (χ3v) is 2.06. The van der Waals surface area contributed by atoms with Crippen molar-refractivity contribution in [3.63, 3.8) is 0 Å². The molecule has 0 heterocycles. The molecule has 0 N–H and O–H groups in total. The van der Waals surface area contributed by atoms with Crippen LogP contribution in [-0.2, 0) is 19.0 Å². The van der Waals surface area contributed by atoms with Gasteiger partial charge in [0.15, 0.2) is 0 Å². The molecule has 0 atom stereocenters. The molecular weight excluding hydrogens is 208 g/mol. The van der Waals surface area contributed by atoms with Crippen molar-refractivity contribution in [1.82, 2.24) is 0 Å². The maximum Gasteiger partial charge on any atom is 0.305 e. The molecule has 0 spiro atoms. The van der Waals surface area contributed by atoms with E-state index in [0.717, 1.165) is 25.7 Å². The summed E-state index contributed by atoms with van der Waals surface area (Å²) in [5.74, 6) is 5.67. The molecule has 0 saturated carbocycles. The Morgan fingerprint density at radius 1 is 1.12 bits per heavy atom. The second-order valence-electron chi connectivity index (χ2n) is 3.26. The normalized spacial score (nSPS) is 9.75. The number of unbranched alkanes of at least 4 members (excludes halogenated alkanes) is 3. The fourth-order valence-electron chi connectivity index (χ4n) is 1.13. The van der Waals surface area contributed by atoms with Gasteiger partial charge in [-0.3, -0.25) is 4.79 Å². The summed E-state index contributed by atoms with van der Waals surface area (Å²) in [4.78, 5) is 10.8. The van der Waals surface area contributed by atoms with Gasteiger partial charge in [-0.05, 0) is 18.8 Å². The van der Waals surface area contributed by atoms with E-state index in [-0.39, 0.29) is 5.97 Å². The lowest BCUT2D eigenvalue weighted by atomic mass is 10.1. The first kappa shape index (κ1) is 14.9. The first-order valence-electron chi connectivity index (χ1n) is 5.35. The highest BCUT2D eigenvalue weighted by molar-refractivity contribution is 5.68. The molecule has 0 aliphatic rings. The van der Waals surface area contributed by atoms with Crippen molar-refractivity contribution >= 4 is 5.97 Å². The molecule has 0 fully saturated rings. The van der Waals surface area contributed by atoms with Gasteiger partial charge in [0, 0.05) is 27.1 Å². The second-order valence-corrected chi connectivity index (χ2v) is 3.26. The molecule has 16 heavy (non-hydrogen) atoms. The van der Waals surface area contributed by atoms with Crippen LogP contribution < -0.4 is 0 Å². The Morgan fingerprint density at radius 3 is 2.38 bits per heavy atom. The number of carbonyl (C=O) groups excluding carboxylic acids is 1. The van der Waals surface area contributed by atoms with Gasteiger partial charge in [0.05, 0.1) is 7.11 Å². The average Bonchev–Trinajstić information content (AvgIpc) is 2.32. The average molecular weight is 228 g/mol. The van der Waals surface area contributed by atoms with Crippen LogP contribution in [0.2, 0.25) is 0 Å². The van der Waals surface area contributed by atoms with Crippen LogP contribution in [0.25, 0.3) is 0 Å². The highest BCUT2D eigenvalue weighted by Crippen LogP contribution is 2.03. The van der Waals surface area contributed by atoms with Gasteiger partial charge in [0.25, 0.3) is 0 Å². The molecule has 0 unspecified atom stereocenters. The van der Waals surface area contributed by atoms with E-state index in [1.54, 1.807) is 14.2 Å². The molecule has 0 saturated heterocycles. The lowest BCUT2D eigenvalue weighted by Gasteiger charge is -2.03. The molecule has 0 aromatic heterocycles. The predicted octanol–water partition coefficient (Wildman–Crippen LogP) is 1.73. The molecule has 0 aromatic carbocycles. The highest BCUT2D eigenvalue weighted by Gasteiger charge is 1.99. The van der Waals surface area contributed by atoms with Crippen molar-refractivity contribution < 1.29 is 19.0 Å². The maximum atomic E-state index is 10.8. The largest absolute Gasteiger partial charge is 0.469 e. The predicted molar refractivity (Wildman–Crippen MR) is 60.7 cm³/mol. The number of carbonyl (C=O) groups is 1. The summed E-state index contributed by atoms with van der Waals surface area (Å²) in [5, 5.41) is 0. The SMILES string of the molecule is COC(=O)CCCCCC#CC(OC)OC. The number of hydrogen-bond donors (Lipinski definition) is 0. The summed E-state index contributed by atoms with van der Waals surface area (Å²) in [6, 6.07) is 0. The van der Waals surface area contributed by atoms with Gasteiger partial charge < -0.3 is 14.2 Å². The minimum atomic E-state index is -0.435. The second kappa shape index (κ2) is 10.5. The smallest absolute Gasteiger partial charge is 0.305 e. The molecule has 4 heteroatoms. The van der Waals surface area contributed by atoms with Crippen LogP contribution in [0.15, 0.2) is 0 Å². The van der Waals surface area contributed by atoms with E-state index in [1.165, 1.54) is 7.11 Å². The zero-order valence-corrected chi connectivity index (χ0v) is 10.2. The van der Waals surface area contributed by atoms with Gasteiger partial charge in [-0.2, -0.15) is 0 Å². The number of esters is 1. The zero-order chi connectivity index (χ0) is 12.2. The van der Waals surface area contributed by atoms with Crippen LogP contribution in [0.1, 0.15) is 32.1 Å². The van der Waals surface area contributed by atoms with Crippen LogP contribution in [0.3, 0.4) is 0 Å². The quantitative estimate of drug-likeness (QED) is 0.288. The van der Waals surface area contributed by atoms with E-state index >= 15 is 0 Å². The summed E-state index contributed by atoms with van der Waals surface area (Å²) in [6.07, 6.45) is 3.66. The van der Waals surface area contributed by atoms with E-state index in [1.807, 2.05) is 0 Å². The number of methoxy groups -OCH3 is 3. The molecule has 0 bridgehead atoms. The van der Waals surface area contributed by atoms with Gasteiger partial charge >= 0.3 is 5.97 Å². The van der Waals surface area contributed by atoms with E-state index in [0.29, 0.717) is 6.42 Å². The van der Waals surface area contributed by atoms with Crippen molar-refractivity contribution in [3.8, 4) is 11.8 Å². The van der Waals surface area contributed by atoms with Crippen molar-refractivity contribution in [1.29, 1.82) is 0 Å². The Hall–Kier alpha value is -1.05. The lowest BCUT2D eigenvalue weighted by molar-refractivity contribution is -0.140. The molecule has 0 aliphatic carbocycles. The summed E-state index contributed by atoms with van der Waals surface area (Å²) >= 11 is 0. The fraction of sp³-hybridized carbons (Fsp3) is 0.750. The van der Waals surface area contributed by atoms with Crippen molar-refractivity contribution in [2.75, 3.05) is 21.3 Å². The van der Waals surface area contributed by atoms with E-state index in [2.05, 4.69) is 16.6 Å². The van der Waals surface area contributed by atoms with Crippen LogP contribution in [0.4, 0.5) is 0 Å². The van der Waals surface area contributed by atoms with Crippen LogP contribution in [0.5, 0.6) is 0 Å². The first-order valence-corrected chi connectivity index (χ1v) is 5.35. The summed E-state index contributed by atoms with van der Waals surface area (Å²) in [5.41, 5.74) is 0. The third kappa shape index (κ3) is 8.27. The molecule has 0 aromatic rings. The minimum Gasteiger partial charge on any atom is -0.469 e. The Labute approximate surface area is 97.3 Å². The van der Waals surface area contributed by atoms with Gasteiger partial charge in [0.1, 0.15) is 0 Å². The Balaban J connectivity index is 3.42. The lowest BCUT2D eigenvalue weighted by Crippen LogP contribution is -2.09. The van der Waals surface area contributed by atoms with Gasteiger partial charge in [-0.15, -0.1) is 0 Å². The Kier molecular flexibility index (Phi) is 9.78. The fourth-order valence-corrected chi connectivity index (χ4v) is 1.13. The van der Waals surface area contributed by atoms with E-state index in [9.17, 15) is 4.79 Å². The van der Waals surface area contributed by atoms with Crippen LogP contribution in [0, 0.1) is 11.8 Å². The summed E-state index contributed by atoms with van der Waals surface area (Å²) < 4.78 is 14.4. The molecule has 0 radical (unpaired) electrons. The van der Waals surface area contributed by atoms with E-state index in [4.69, 9.17) is 9.47 Å². The number of hydrogen-bond acceptors (Lipinski definition) is 4. The van der Waals surface area contributed by atoms with E-state index < -0.39 is 6.29 Å². The topological polar surface area (TPSA) is 44.8 Å². The van der Waals surface area contributed by atoms with Crippen molar-refractivity contribution in [3.05, 3.63) is 0 Å². The molecule has 4 nitrogen and oxygen atoms in total. The molecule has 0 rings (SSSR count). The standard InChI is InChI=1S/C12H20O4/c1-14-11(13)9-7-5-4-6-8-10-12(15-2)16-3/h12H,4-7,9H2,1-3H3. The Bertz CT molecular complexity index is 235. The maximum absolute atomic E-state index is 10.8. The van der Waals surface area contributed by atoms with Crippen molar-refractivity contribution in [2.24, 2.45) is 0 Å². The minimum absolute atomic E-state index is 0.148. The summed E-state index contributed by atoms with van der Waals surface area (Å²) in [6.45, 7) is 0. The molecule has 0 aliphatic heterocycles. The van der Waals surface area contributed by atoms with Crippen LogP contribution in [-0.4, -0.2) is 33.6 Å². The van der Waals surface area contributed by atoms with Gasteiger partial charge in [0.2, 0.25) is 6.29 Å². The summed E-state index contributed by atoms with van der Waals surface area (Å²) in [7, 11) is 4.52. The number of rotatable bonds is 7. The third-order valence-electron chi connectivity index (χ3n) is 2.06. The van der Waals surface area contributed by atoms with Crippen LogP contribution >= 0.6 is 0 Å².